The van der Waals surface area contributed by atoms with E-state index < -0.39 is 6.04 Å². The first-order valence-corrected chi connectivity index (χ1v) is 7.39. The summed E-state index contributed by atoms with van der Waals surface area (Å²) < 4.78 is 1.86. The standard InChI is InChI=1S/C16H21N5O2.2ClH/c1-11(2)15(17)16(23)19-9-14(22)20-12-3-5-13(6-4-12)21-8-7-18-10-21;;/h3-8,10-11,15H,9,17H2,1-2H3,(H,19,23)(H,20,22);2*1H/t15-;;/m0../s1. The highest BCUT2D eigenvalue weighted by Gasteiger charge is 2.17. The predicted molar refractivity (Wildman–Crippen MR) is 103 cm³/mol. The van der Waals surface area contributed by atoms with Crippen LogP contribution < -0.4 is 16.4 Å². The van der Waals surface area contributed by atoms with Gasteiger partial charge in [-0.05, 0) is 30.2 Å². The number of nitrogens with zero attached hydrogens (tertiary/aromatic N) is 2. The molecule has 0 spiro atoms. The lowest BCUT2D eigenvalue weighted by Crippen LogP contribution is -2.46. The van der Waals surface area contributed by atoms with E-state index in [9.17, 15) is 9.59 Å². The summed E-state index contributed by atoms with van der Waals surface area (Å²) in [7, 11) is 0. The number of benzene rings is 1. The van der Waals surface area contributed by atoms with Gasteiger partial charge in [0.2, 0.25) is 11.8 Å². The zero-order valence-corrected chi connectivity index (χ0v) is 15.6. The molecule has 0 fully saturated rings. The van der Waals surface area contributed by atoms with Crippen LogP contribution in [0.5, 0.6) is 0 Å². The zero-order chi connectivity index (χ0) is 16.8. The van der Waals surface area contributed by atoms with E-state index in [1.54, 1.807) is 24.7 Å². The highest BCUT2D eigenvalue weighted by molar-refractivity contribution is 5.95. The molecule has 1 atom stereocenters. The molecule has 0 radical (unpaired) electrons. The summed E-state index contributed by atoms with van der Waals surface area (Å²) in [4.78, 5) is 27.5. The van der Waals surface area contributed by atoms with E-state index in [2.05, 4.69) is 15.6 Å². The number of imidazole rings is 1. The average Bonchev–Trinajstić information content (AvgIpc) is 3.07. The number of amides is 2. The van der Waals surface area contributed by atoms with Gasteiger partial charge >= 0.3 is 0 Å². The Morgan fingerprint density at radius 2 is 1.84 bits per heavy atom. The van der Waals surface area contributed by atoms with Gasteiger partial charge in [-0.25, -0.2) is 4.98 Å². The highest BCUT2D eigenvalue weighted by atomic mass is 35.5. The van der Waals surface area contributed by atoms with Crippen LogP contribution in [0.15, 0.2) is 43.0 Å². The van der Waals surface area contributed by atoms with Crippen molar-refractivity contribution in [3.8, 4) is 5.69 Å². The number of halogens is 2. The maximum Gasteiger partial charge on any atom is 0.243 e. The van der Waals surface area contributed by atoms with Crippen molar-refractivity contribution in [1.82, 2.24) is 14.9 Å². The van der Waals surface area contributed by atoms with Crippen molar-refractivity contribution in [2.75, 3.05) is 11.9 Å². The smallest absolute Gasteiger partial charge is 0.243 e. The quantitative estimate of drug-likeness (QED) is 0.702. The largest absolute Gasteiger partial charge is 0.346 e. The average molecular weight is 388 g/mol. The predicted octanol–water partition coefficient (Wildman–Crippen LogP) is 1.75. The summed E-state index contributed by atoms with van der Waals surface area (Å²) in [5.41, 5.74) is 7.31. The molecule has 138 valence electrons. The van der Waals surface area contributed by atoms with Crippen LogP contribution in [-0.2, 0) is 9.59 Å². The van der Waals surface area contributed by atoms with Gasteiger partial charge in [-0.15, -0.1) is 24.8 Å². The molecule has 0 bridgehead atoms. The Labute approximate surface area is 159 Å². The summed E-state index contributed by atoms with van der Waals surface area (Å²) in [5.74, 6) is -0.607. The molecular weight excluding hydrogens is 365 g/mol. The van der Waals surface area contributed by atoms with Crippen LogP contribution >= 0.6 is 24.8 Å². The van der Waals surface area contributed by atoms with E-state index in [0.717, 1.165) is 5.69 Å². The molecule has 0 saturated heterocycles. The van der Waals surface area contributed by atoms with E-state index >= 15 is 0 Å². The van der Waals surface area contributed by atoms with Crippen molar-refractivity contribution in [2.24, 2.45) is 11.7 Å². The number of rotatable bonds is 6. The minimum Gasteiger partial charge on any atom is -0.346 e. The SMILES string of the molecule is CC(C)[C@H](N)C(=O)NCC(=O)Nc1ccc(-n2ccnc2)cc1.Cl.Cl. The van der Waals surface area contributed by atoms with Crippen LogP contribution in [0.25, 0.3) is 5.69 Å². The van der Waals surface area contributed by atoms with Crippen molar-refractivity contribution in [1.29, 1.82) is 0 Å². The lowest BCUT2D eigenvalue weighted by Gasteiger charge is -2.15. The Hall–Kier alpha value is -2.09. The van der Waals surface area contributed by atoms with Crippen LogP contribution in [-0.4, -0.2) is 34.0 Å². The van der Waals surface area contributed by atoms with Gasteiger partial charge in [0.05, 0.1) is 18.9 Å². The third-order valence-electron chi connectivity index (χ3n) is 3.40. The fourth-order valence-electron chi connectivity index (χ4n) is 1.92. The molecule has 1 aromatic carbocycles. The van der Waals surface area contributed by atoms with Crippen LogP contribution in [0.3, 0.4) is 0 Å². The Balaban J connectivity index is 0.00000288. The maximum absolute atomic E-state index is 11.8. The summed E-state index contributed by atoms with van der Waals surface area (Å²) >= 11 is 0. The topological polar surface area (TPSA) is 102 Å². The number of carbonyl (C=O) groups is 2. The summed E-state index contributed by atoms with van der Waals surface area (Å²) in [6.07, 6.45) is 5.22. The second kappa shape index (κ2) is 10.7. The molecule has 0 saturated carbocycles. The Morgan fingerprint density at radius 3 is 2.36 bits per heavy atom. The number of carbonyl (C=O) groups excluding carboxylic acids is 2. The third kappa shape index (κ3) is 6.74. The summed E-state index contributed by atoms with van der Waals surface area (Å²) in [6.45, 7) is 3.60. The highest BCUT2D eigenvalue weighted by Crippen LogP contribution is 2.12. The molecule has 1 heterocycles. The normalized spacial score (nSPS) is 11.0. The van der Waals surface area contributed by atoms with Crippen molar-refractivity contribution in [3.05, 3.63) is 43.0 Å². The first-order valence-electron chi connectivity index (χ1n) is 7.39. The molecule has 0 aliphatic heterocycles. The molecule has 2 aromatic rings. The van der Waals surface area contributed by atoms with Crippen molar-refractivity contribution in [2.45, 2.75) is 19.9 Å². The third-order valence-corrected chi connectivity index (χ3v) is 3.40. The number of anilines is 1. The first kappa shape index (κ1) is 22.9. The monoisotopic (exact) mass is 387 g/mol. The maximum atomic E-state index is 11.8. The van der Waals surface area contributed by atoms with Crippen molar-refractivity contribution >= 4 is 42.3 Å². The Kier molecular flexibility index (Phi) is 9.81. The second-order valence-electron chi connectivity index (χ2n) is 5.55. The molecule has 9 heteroatoms. The fourth-order valence-corrected chi connectivity index (χ4v) is 1.92. The number of hydrogen-bond donors (Lipinski definition) is 3. The van der Waals surface area contributed by atoms with E-state index in [1.165, 1.54) is 0 Å². The molecular formula is C16H23Cl2N5O2. The van der Waals surface area contributed by atoms with Gasteiger partial charge in [0.25, 0.3) is 0 Å². The van der Waals surface area contributed by atoms with Gasteiger partial charge in [-0.1, -0.05) is 13.8 Å². The minimum absolute atomic E-state index is 0. The molecule has 0 unspecified atom stereocenters. The molecule has 4 N–H and O–H groups in total. The molecule has 2 amide bonds. The van der Waals surface area contributed by atoms with Crippen LogP contribution in [0.4, 0.5) is 5.69 Å². The lowest BCUT2D eigenvalue weighted by atomic mass is 10.1. The minimum atomic E-state index is -0.614. The number of aromatic nitrogens is 2. The van der Waals surface area contributed by atoms with E-state index in [0.29, 0.717) is 5.69 Å². The van der Waals surface area contributed by atoms with Crippen LogP contribution in [0.1, 0.15) is 13.8 Å². The molecule has 2 rings (SSSR count). The summed E-state index contributed by atoms with van der Waals surface area (Å²) in [6, 6.07) is 6.69. The van der Waals surface area contributed by atoms with Gasteiger partial charge in [-0.3, -0.25) is 9.59 Å². The van der Waals surface area contributed by atoms with Crippen LogP contribution in [0, 0.1) is 5.92 Å². The van der Waals surface area contributed by atoms with Gasteiger partial charge < -0.3 is 20.9 Å². The van der Waals surface area contributed by atoms with Gasteiger partial charge in [-0.2, -0.15) is 0 Å². The molecule has 1 aromatic heterocycles. The second-order valence-corrected chi connectivity index (χ2v) is 5.55. The van der Waals surface area contributed by atoms with E-state index in [4.69, 9.17) is 5.73 Å². The van der Waals surface area contributed by atoms with Gasteiger partial charge in [0, 0.05) is 23.8 Å². The number of nitrogens with one attached hydrogen (secondary N) is 2. The van der Waals surface area contributed by atoms with Crippen LogP contribution in [0.2, 0.25) is 0 Å². The van der Waals surface area contributed by atoms with Gasteiger partial charge in [0.1, 0.15) is 0 Å². The first-order chi connectivity index (χ1) is 11.0. The van der Waals surface area contributed by atoms with Crippen molar-refractivity contribution < 1.29 is 9.59 Å². The number of hydrogen-bond acceptors (Lipinski definition) is 4. The molecule has 0 aliphatic rings. The van der Waals surface area contributed by atoms with Crippen molar-refractivity contribution in [3.63, 3.8) is 0 Å². The zero-order valence-electron chi connectivity index (χ0n) is 14.0. The lowest BCUT2D eigenvalue weighted by molar-refractivity contribution is -0.125. The van der Waals surface area contributed by atoms with E-state index in [1.807, 2.05) is 36.7 Å². The molecule has 0 aliphatic carbocycles. The summed E-state index contributed by atoms with van der Waals surface area (Å²) in [5, 5.41) is 5.25. The molecule has 7 nitrogen and oxygen atoms in total. The van der Waals surface area contributed by atoms with E-state index in [-0.39, 0.29) is 49.1 Å². The fraction of sp³-hybridized carbons (Fsp3) is 0.312. The van der Waals surface area contributed by atoms with Gasteiger partial charge in [0.15, 0.2) is 0 Å². The Morgan fingerprint density at radius 1 is 1.20 bits per heavy atom. The molecule has 25 heavy (non-hydrogen) atoms. The Bertz CT molecular complexity index is 660. The number of nitrogens with two attached hydrogens (primary N) is 1.